The molecule has 2 aromatic rings. The predicted octanol–water partition coefficient (Wildman–Crippen LogP) is 0.0631. The van der Waals surface area contributed by atoms with Crippen molar-refractivity contribution in [3.63, 3.8) is 0 Å². The van der Waals surface area contributed by atoms with Crippen LogP contribution in [0.15, 0.2) is 9.59 Å². The summed E-state index contributed by atoms with van der Waals surface area (Å²) in [6.45, 7) is 1.39. The minimum absolute atomic E-state index is 0.207. The van der Waals surface area contributed by atoms with Gasteiger partial charge in [-0.25, -0.2) is 9.78 Å². The molecule has 2 aliphatic rings. The van der Waals surface area contributed by atoms with Gasteiger partial charge in [-0.2, -0.15) is 0 Å². The summed E-state index contributed by atoms with van der Waals surface area (Å²) in [5, 5.41) is 3.34. The van der Waals surface area contributed by atoms with Gasteiger partial charge in [-0.15, -0.1) is 0 Å². The Morgan fingerprint density at radius 1 is 1.18 bits per heavy atom. The second-order valence-corrected chi connectivity index (χ2v) is 6.53. The average Bonchev–Trinajstić information content (AvgIpc) is 3.09. The van der Waals surface area contributed by atoms with Crippen LogP contribution in [0, 0.1) is 0 Å². The molecule has 0 aromatic carbocycles. The molecule has 7 heteroatoms. The van der Waals surface area contributed by atoms with E-state index in [1.807, 2.05) is 11.6 Å². The average molecular weight is 303 g/mol. The Hall–Kier alpha value is -1.89. The van der Waals surface area contributed by atoms with E-state index >= 15 is 0 Å². The van der Waals surface area contributed by atoms with E-state index in [4.69, 9.17) is 0 Å². The third-order valence-corrected chi connectivity index (χ3v) is 4.90. The number of hydrogen-bond acceptors (Lipinski definition) is 4. The van der Waals surface area contributed by atoms with Crippen LogP contribution in [-0.2, 0) is 20.6 Å². The molecule has 1 saturated heterocycles. The highest BCUT2D eigenvalue weighted by Gasteiger charge is 2.30. The molecule has 1 N–H and O–H groups in total. The molecule has 4 rings (SSSR count). The van der Waals surface area contributed by atoms with Crippen molar-refractivity contribution < 1.29 is 0 Å². The van der Waals surface area contributed by atoms with Crippen molar-refractivity contribution in [1.29, 1.82) is 0 Å². The van der Waals surface area contributed by atoms with Crippen LogP contribution in [0.5, 0.6) is 0 Å². The Morgan fingerprint density at radius 3 is 2.59 bits per heavy atom. The second kappa shape index (κ2) is 4.81. The molecular formula is C15H21N5O2. The van der Waals surface area contributed by atoms with Gasteiger partial charge in [0.05, 0.1) is 0 Å². The molecule has 1 aliphatic heterocycles. The van der Waals surface area contributed by atoms with Crippen LogP contribution >= 0.6 is 0 Å². The van der Waals surface area contributed by atoms with Gasteiger partial charge in [-0.05, 0) is 32.2 Å². The Morgan fingerprint density at radius 2 is 1.95 bits per heavy atom. The first-order chi connectivity index (χ1) is 10.6. The largest absolute Gasteiger partial charge is 0.332 e. The lowest BCUT2D eigenvalue weighted by molar-refractivity contribution is 0.477. The summed E-state index contributed by atoms with van der Waals surface area (Å²) in [4.78, 5) is 29.9. The van der Waals surface area contributed by atoms with Crippen LogP contribution in [-0.4, -0.2) is 31.3 Å². The first-order valence-electron chi connectivity index (χ1n) is 7.97. The highest BCUT2D eigenvalue weighted by molar-refractivity contribution is 5.71. The monoisotopic (exact) mass is 303 g/mol. The predicted molar refractivity (Wildman–Crippen MR) is 83.2 cm³/mol. The molecule has 22 heavy (non-hydrogen) atoms. The van der Waals surface area contributed by atoms with Crippen molar-refractivity contribution >= 4 is 11.2 Å². The standard InChI is InChI=1S/C15H21N5O2/c1-18-11-13(17-12(18)9-5-6-9)19(2)15(22)20(14(11)21)8-10-4-3-7-16-10/h9-10,16H,3-8H2,1-2H3. The van der Waals surface area contributed by atoms with Gasteiger partial charge >= 0.3 is 5.69 Å². The van der Waals surface area contributed by atoms with Crippen molar-refractivity contribution in [2.24, 2.45) is 14.1 Å². The van der Waals surface area contributed by atoms with Crippen LogP contribution in [0.2, 0.25) is 0 Å². The summed E-state index contributed by atoms with van der Waals surface area (Å²) < 4.78 is 4.76. The maximum absolute atomic E-state index is 12.8. The molecule has 0 spiro atoms. The van der Waals surface area contributed by atoms with Gasteiger partial charge in [0, 0.05) is 32.6 Å². The molecule has 118 valence electrons. The smallest absolute Gasteiger partial charge is 0.325 e. The summed E-state index contributed by atoms with van der Waals surface area (Å²) in [6.07, 6.45) is 4.34. The maximum Gasteiger partial charge on any atom is 0.332 e. The summed E-state index contributed by atoms with van der Waals surface area (Å²) in [5.74, 6) is 1.37. The molecule has 0 bridgehead atoms. The normalized spacial score (nSPS) is 21.8. The molecule has 0 radical (unpaired) electrons. The fraction of sp³-hybridized carbons (Fsp3) is 0.667. The van der Waals surface area contributed by atoms with Gasteiger partial charge in [0.15, 0.2) is 11.2 Å². The molecule has 1 saturated carbocycles. The molecule has 2 aromatic heterocycles. The van der Waals surface area contributed by atoms with Crippen LogP contribution in [0.3, 0.4) is 0 Å². The Balaban J connectivity index is 1.91. The van der Waals surface area contributed by atoms with Gasteiger partial charge in [-0.3, -0.25) is 13.9 Å². The zero-order chi connectivity index (χ0) is 15.4. The zero-order valence-electron chi connectivity index (χ0n) is 13.0. The van der Waals surface area contributed by atoms with Crippen LogP contribution < -0.4 is 16.6 Å². The van der Waals surface area contributed by atoms with E-state index in [1.165, 1.54) is 9.13 Å². The van der Waals surface area contributed by atoms with Gasteiger partial charge in [0.1, 0.15) is 5.82 Å². The molecule has 1 unspecified atom stereocenters. The zero-order valence-corrected chi connectivity index (χ0v) is 13.0. The molecule has 3 heterocycles. The van der Waals surface area contributed by atoms with E-state index in [9.17, 15) is 9.59 Å². The number of fused-ring (bicyclic) bond motifs is 1. The summed E-state index contributed by atoms with van der Waals surface area (Å²) in [5.41, 5.74) is 0.567. The quantitative estimate of drug-likeness (QED) is 0.870. The lowest BCUT2D eigenvalue weighted by Crippen LogP contribution is -2.43. The minimum Gasteiger partial charge on any atom is -0.325 e. The molecule has 1 aliphatic carbocycles. The Bertz CT molecular complexity index is 849. The molecule has 1 atom stereocenters. The van der Waals surface area contributed by atoms with Gasteiger partial charge in [0.25, 0.3) is 5.56 Å². The fourth-order valence-electron chi connectivity index (χ4n) is 3.46. The van der Waals surface area contributed by atoms with E-state index in [0.717, 1.165) is 38.1 Å². The Labute approximate surface area is 127 Å². The van der Waals surface area contributed by atoms with E-state index < -0.39 is 0 Å². The summed E-state index contributed by atoms with van der Waals surface area (Å²) in [6, 6.07) is 0.207. The van der Waals surface area contributed by atoms with E-state index in [0.29, 0.717) is 23.6 Å². The summed E-state index contributed by atoms with van der Waals surface area (Å²) in [7, 11) is 3.58. The van der Waals surface area contributed by atoms with E-state index in [-0.39, 0.29) is 17.3 Å². The van der Waals surface area contributed by atoms with Gasteiger partial charge in [0.2, 0.25) is 0 Å². The number of rotatable bonds is 3. The van der Waals surface area contributed by atoms with Crippen molar-refractivity contribution in [3.05, 3.63) is 26.7 Å². The van der Waals surface area contributed by atoms with Crippen LogP contribution in [0.4, 0.5) is 0 Å². The van der Waals surface area contributed by atoms with Gasteiger partial charge < -0.3 is 9.88 Å². The lowest BCUT2D eigenvalue weighted by atomic mass is 10.2. The topological polar surface area (TPSA) is 73.8 Å². The number of imidazole rings is 1. The number of nitrogens with one attached hydrogen (secondary N) is 1. The lowest BCUT2D eigenvalue weighted by Gasteiger charge is -2.13. The van der Waals surface area contributed by atoms with Crippen molar-refractivity contribution in [2.45, 2.75) is 44.2 Å². The van der Waals surface area contributed by atoms with Crippen LogP contribution in [0.1, 0.15) is 37.4 Å². The minimum atomic E-state index is -0.272. The molecule has 2 fully saturated rings. The molecule has 0 amide bonds. The number of aromatic nitrogens is 4. The third-order valence-electron chi connectivity index (χ3n) is 4.90. The number of aryl methyl sites for hydroxylation is 2. The number of nitrogens with zero attached hydrogens (tertiary/aromatic N) is 4. The van der Waals surface area contributed by atoms with E-state index in [2.05, 4.69) is 10.3 Å². The maximum atomic E-state index is 12.8. The van der Waals surface area contributed by atoms with Crippen molar-refractivity contribution in [1.82, 2.24) is 24.0 Å². The van der Waals surface area contributed by atoms with Crippen molar-refractivity contribution in [2.75, 3.05) is 6.54 Å². The SMILES string of the molecule is Cn1c(C2CC2)nc2c1c(=O)n(CC1CCCN1)c(=O)n2C. The fourth-order valence-corrected chi connectivity index (χ4v) is 3.46. The highest BCUT2D eigenvalue weighted by Crippen LogP contribution is 2.39. The van der Waals surface area contributed by atoms with Gasteiger partial charge in [-0.1, -0.05) is 0 Å². The van der Waals surface area contributed by atoms with E-state index in [1.54, 1.807) is 7.05 Å². The van der Waals surface area contributed by atoms with Crippen LogP contribution in [0.25, 0.3) is 11.2 Å². The summed E-state index contributed by atoms with van der Waals surface area (Å²) >= 11 is 0. The second-order valence-electron chi connectivity index (χ2n) is 6.53. The molecular weight excluding hydrogens is 282 g/mol. The molecule has 7 nitrogen and oxygen atoms in total. The highest BCUT2D eigenvalue weighted by atomic mass is 16.2. The Kier molecular flexibility index (Phi) is 3.00. The first kappa shape index (κ1) is 13.8. The number of hydrogen-bond donors (Lipinski definition) is 1. The van der Waals surface area contributed by atoms with Crippen molar-refractivity contribution in [3.8, 4) is 0 Å². The first-order valence-corrected chi connectivity index (χ1v) is 7.97. The third kappa shape index (κ3) is 1.95.